The van der Waals surface area contributed by atoms with Crippen molar-refractivity contribution in [1.29, 1.82) is 0 Å². The molecule has 0 radical (unpaired) electrons. The Kier molecular flexibility index (Phi) is 6.64. The summed E-state index contributed by atoms with van der Waals surface area (Å²) in [4.78, 5) is 37.3. The van der Waals surface area contributed by atoms with Crippen LogP contribution in [0.2, 0.25) is 5.02 Å². The van der Waals surface area contributed by atoms with Crippen molar-refractivity contribution in [3.8, 4) is 0 Å². The molecule has 0 unspecified atom stereocenters. The molecular formula is C19H17BrClN3O3S. The number of amides is 3. The number of nitrogens with one attached hydrogen (secondary N) is 3. The number of carbonyl (C=O) groups excluding carboxylic acids is 3. The van der Waals surface area contributed by atoms with Crippen LogP contribution >= 0.6 is 39.3 Å². The number of fused-ring (bicyclic) bond motifs is 1. The Bertz CT molecular complexity index is 954. The standard InChI is InChI=1S/C19H17BrClN3O3S/c1-10-6-11(20)2-4-13(10)23-18(26)9-22-17(25)8-16-19(27)24-14-7-12(21)3-5-15(14)28-16/h2-7,16H,8-9H2,1H3,(H,22,25)(H,23,26)(H,24,27)/t16-/m1/s1. The van der Waals surface area contributed by atoms with Gasteiger partial charge < -0.3 is 16.0 Å². The van der Waals surface area contributed by atoms with Gasteiger partial charge in [-0.2, -0.15) is 0 Å². The highest BCUT2D eigenvalue weighted by molar-refractivity contribution is 9.10. The predicted octanol–water partition coefficient (Wildman–Crippen LogP) is 3.97. The van der Waals surface area contributed by atoms with Crippen molar-refractivity contribution in [3.05, 3.63) is 51.5 Å². The van der Waals surface area contributed by atoms with Crippen LogP contribution in [-0.4, -0.2) is 29.5 Å². The van der Waals surface area contributed by atoms with Crippen LogP contribution in [0, 0.1) is 6.92 Å². The van der Waals surface area contributed by atoms with Crippen LogP contribution in [0.4, 0.5) is 11.4 Å². The summed E-state index contributed by atoms with van der Waals surface area (Å²) in [7, 11) is 0. The highest BCUT2D eigenvalue weighted by atomic mass is 79.9. The smallest absolute Gasteiger partial charge is 0.243 e. The van der Waals surface area contributed by atoms with Crippen LogP contribution in [0.25, 0.3) is 0 Å². The summed E-state index contributed by atoms with van der Waals surface area (Å²) in [5, 5.41) is 8.03. The summed E-state index contributed by atoms with van der Waals surface area (Å²) in [5.74, 6) is -0.961. The fraction of sp³-hybridized carbons (Fsp3) is 0.211. The number of hydrogen-bond acceptors (Lipinski definition) is 4. The number of carbonyl (C=O) groups is 3. The molecule has 1 aliphatic rings. The molecule has 0 aromatic heterocycles. The summed E-state index contributed by atoms with van der Waals surface area (Å²) < 4.78 is 0.920. The minimum atomic E-state index is -0.564. The van der Waals surface area contributed by atoms with Gasteiger partial charge in [-0.25, -0.2) is 0 Å². The molecule has 0 bridgehead atoms. The lowest BCUT2D eigenvalue weighted by atomic mass is 10.2. The maximum atomic E-state index is 12.2. The van der Waals surface area contributed by atoms with Gasteiger partial charge in [0.1, 0.15) is 0 Å². The Morgan fingerprint density at radius 3 is 2.75 bits per heavy atom. The molecule has 28 heavy (non-hydrogen) atoms. The summed E-state index contributed by atoms with van der Waals surface area (Å²) in [6, 6.07) is 10.7. The van der Waals surface area contributed by atoms with E-state index >= 15 is 0 Å². The van der Waals surface area contributed by atoms with Gasteiger partial charge in [-0.05, 0) is 48.9 Å². The Morgan fingerprint density at radius 2 is 2.00 bits per heavy atom. The Morgan fingerprint density at radius 1 is 1.21 bits per heavy atom. The molecule has 0 spiro atoms. The van der Waals surface area contributed by atoms with E-state index in [2.05, 4.69) is 31.9 Å². The van der Waals surface area contributed by atoms with Gasteiger partial charge >= 0.3 is 0 Å². The number of halogens is 2. The number of benzene rings is 2. The van der Waals surface area contributed by atoms with Crippen molar-refractivity contribution >= 4 is 68.4 Å². The molecule has 2 aromatic rings. The summed E-state index contributed by atoms with van der Waals surface area (Å²) in [6.45, 7) is 1.71. The highest BCUT2D eigenvalue weighted by Gasteiger charge is 2.29. The fourth-order valence-corrected chi connectivity index (χ4v) is 4.38. The third-order valence-corrected chi connectivity index (χ3v) is 6.04. The van der Waals surface area contributed by atoms with E-state index in [9.17, 15) is 14.4 Å². The lowest BCUT2D eigenvalue weighted by Gasteiger charge is -2.23. The lowest BCUT2D eigenvalue weighted by Crippen LogP contribution is -2.37. The molecule has 1 heterocycles. The average Bonchev–Trinajstić information content (AvgIpc) is 2.63. The van der Waals surface area contributed by atoms with Gasteiger partial charge in [-0.15, -0.1) is 11.8 Å². The van der Waals surface area contributed by atoms with E-state index in [-0.39, 0.29) is 30.7 Å². The van der Waals surface area contributed by atoms with Gasteiger partial charge in [0, 0.05) is 26.5 Å². The molecule has 0 aliphatic carbocycles. The van der Waals surface area contributed by atoms with Crippen molar-refractivity contribution in [2.45, 2.75) is 23.5 Å². The van der Waals surface area contributed by atoms with Crippen molar-refractivity contribution in [2.75, 3.05) is 17.2 Å². The summed E-state index contributed by atoms with van der Waals surface area (Å²) >= 11 is 10.6. The lowest BCUT2D eigenvalue weighted by molar-refractivity contribution is -0.125. The van der Waals surface area contributed by atoms with E-state index in [1.54, 1.807) is 24.3 Å². The second kappa shape index (κ2) is 8.98. The van der Waals surface area contributed by atoms with Crippen molar-refractivity contribution < 1.29 is 14.4 Å². The molecule has 0 saturated carbocycles. The predicted molar refractivity (Wildman–Crippen MR) is 115 cm³/mol. The molecular weight excluding hydrogens is 466 g/mol. The highest BCUT2D eigenvalue weighted by Crippen LogP contribution is 2.38. The third kappa shape index (κ3) is 5.27. The molecule has 0 saturated heterocycles. The van der Waals surface area contributed by atoms with Gasteiger partial charge in [0.15, 0.2) is 0 Å². The first-order valence-corrected chi connectivity index (χ1v) is 10.5. The molecule has 3 rings (SSSR count). The minimum Gasteiger partial charge on any atom is -0.347 e. The Balaban J connectivity index is 1.51. The van der Waals surface area contributed by atoms with Crippen LogP contribution in [0.15, 0.2) is 45.8 Å². The average molecular weight is 483 g/mol. The SMILES string of the molecule is Cc1cc(Br)ccc1NC(=O)CNC(=O)C[C@H]1Sc2ccc(Cl)cc2NC1=O. The quantitative estimate of drug-likeness (QED) is 0.602. The number of anilines is 2. The van der Waals surface area contributed by atoms with Gasteiger partial charge in [-0.1, -0.05) is 27.5 Å². The first-order valence-electron chi connectivity index (χ1n) is 8.41. The van der Waals surface area contributed by atoms with Crippen LogP contribution in [0.5, 0.6) is 0 Å². The molecule has 1 aliphatic heterocycles. The molecule has 3 amide bonds. The van der Waals surface area contributed by atoms with Gasteiger partial charge in [0.05, 0.1) is 17.5 Å². The van der Waals surface area contributed by atoms with Gasteiger partial charge in [0.2, 0.25) is 17.7 Å². The summed E-state index contributed by atoms with van der Waals surface area (Å²) in [6.07, 6.45) is -0.0246. The molecule has 9 heteroatoms. The molecule has 0 fully saturated rings. The fourth-order valence-electron chi connectivity index (χ4n) is 2.64. The molecule has 6 nitrogen and oxygen atoms in total. The molecule has 2 aromatic carbocycles. The topological polar surface area (TPSA) is 87.3 Å². The Labute approximate surface area is 179 Å². The second-order valence-corrected chi connectivity index (χ2v) is 8.82. The number of aryl methyl sites for hydroxylation is 1. The van der Waals surface area contributed by atoms with E-state index < -0.39 is 5.25 Å². The maximum Gasteiger partial charge on any atom is 0.243 e. The first kappa shape index (κ1) is 20.7. The second-order valence-electron chi connectivity index (χ2n) is 6.22. The molecule has 3 N–H and O–H groups in total. The van der Waals surface area contributed by atoms with Crippen LogP contribution in [-0.2, 0) is 14.4 Å². The molecule has 146 valence electrons. The maximum absolute atomic E-state index is 12.2. The number of rotatable bonds is 5. The van der Waals surface area contributed by atoms with Crippen LogP contribution in [0.3, 0.4) is 0 Å². The van der Waals surface area contributed by atoms with Crippen molar-refractivity contribution in [2.24, 2.45) is 0 Å². The van der Waals surface area contributed by atoms with Crippen molar-refractivity contribution in [1.82, 2.24) is 5.32 Å². The largest absolute Gasteiger partial charge is 0.347 e. The monoisotopic (exact) mass is 481 g/mol. The zero-order valence-electron chi connectivity index (χ0n) is 14.8. The summed E-state index contributed by atoms with van der Waals surface area (Å²) in [5.41, 5.74) is 2.23. The van der Waals surface area contributed by atoms with Crippen LogP contribution in [0.1, 0.15) is 12.0 Å². The van der Waals surface area contributed by atoms with E-state index in [1.807, 2.05) is 19.1 Å². The van der Waals surface area contributed by atoms with E-state index in [0.717, 1.165) is 14.9 Å². The minimum absolute atomic E-state index is 0.0246. The Hall–Kier alpha value is -2.03. The van der Waals surface area contributed by atoms with E-state index in [4.69, 9.17) is 11.6 Å². The van der Waals surface area contributed by atoms with E-state index in [0.29, 0.717) is 16.4 Å². The van der Waals surface area contributed by atoms with Crippen LogP contribution < -0.4 is 16.0 Å². The van der Waals surface area contributed by atoms with E-state index in [1.165, 1.54) is 11.8 Å². The number of thioether (sulfide) groups is 1. The number of hydrogen-bond donors (Lipinski definition) is 3. The zero-order valence-corrected chi connectivity index (χ0v) is 18.0. The third-order valence-electron chi connectivity index (χ3n) is 4.04. The van der Waals surface area contributed by atoms with Gasteiger partial charge in [0.25, 0.3) is 0 Å². The van der Waals surface area contributed by atoms with Gasteiger partial charge in [-0.3, -0.25) is 14.4 Å². The molecule has 1 atom stereocenters. The first-order chi connectivity index (χ1) is 13.3. The zero-order chi connectivity index (χ0) is 20.3. The normalized spacial score (nSPS) is 15.4. The van der Waals surface area contributed by atoms with Crippen molar-refractivity contribution in [3.63, 3.8) is 0 Å².